The molecule has 2 rings (SSSR count). The van der Waals surface area contributed by atoms with Crippen LogP contribution in [-0.2, 0) is 4.79 Å². The van der Waals surface area contributed by atoms with E-state index in [2.05, 4.69) is 5.32 Å². The predicted octanol–water partition coefficient (Wildman–Crippen LogP) is 3.04. The van der Waals surface area contributed by atoms with E-state index < -0.39 is 0 Å². The highest BCUT2D eigenvalue weighted by molar-refractivity contribution is 6.01. The lowest BCUT2D eigenvalue weighted by Crippen LogP contribution is -2.07. The van der Waals surface area contributed by atoms with Gasteiger partial charge in [0.15, 0.2) is 0 Å². The van der Waals surface area contributed by atoms with Gasteiger partial charge in [-0.15, -0.1) is 0 Å². The Labute approximate surface area is 105 Å². The Morgan fingerprint density at radius 1 is 1.00 bits per heavy atom. The average Bonchev–Trinajstić information content (AvgIpc) is 2.40. The fraction of sp³-hybridized carbons (Fsp3) is 0. The SMILES string of the molecule is O=C(/C=C\c1ccccc1)Nc1ccc(O)cc1. The Kier molecular flexibility index (Phi) is 3.76. The number of rotatable bonds is 3. The Balaban J connectivity index is 1.97. The van der Waals surface area contributed by atoms with Crippen molar-refractivity contribution in [2.24, 2.45) is 0 Å². The largest absolute Gasteiger partial charge is 0.508 e. The minimum atomic E-state index is -0.204. The Bertz CT molecular complexity index is 544. The lowest BCUT2D eigenvalue weighted by atomic mass is 10.2. The van der Waals surface area contributed by atoms with Gasteiger partial charge in [0.1, 0.15) is 5.75 Å². The number of phenols is 1. The molecule has 90 valence electrons. The van der Waals surface area contributed by atoms with Gasteiger partial charge < -0.3 is 10.4 Å². The average molecular weight is 239 g/mol. The predicted molar refractivity (Wildman–Crippen MR) is 72.2 cm³/mol. The number of benzene rings is 2. The molecule has 3 nitrogen and oxygen atoms in total. The molecule has 0 aliphatic heterocycles. The van der Waals surface area contributed by atoms with Gasteiger partial charge in [-0.3, -0.25) is 4.79 Å². The van der Waals surface area contributed by atoms with E-state index in [-0.39, 0.29) is 11.7 Å². The van der Waals surface area contributed by atoms with Gasteiger partial charge in [0.25, 0.3) is 0 Å². The summed E-state index contributed by atoms with van der Waals surface area (Å²) >= 11 is 0. The van der Waals surface area contributed by atoms with Crippen LogP contribution in [0.2, 0.25) is 0 Å². The zero-order valence-corrected chi connectivity index (χ0v) is 9.71. The molecule has 0 aliphatic carbocycles. The van der Waals surface area contributed by atoms with Gasteiger partial charge >= 0.3 is 0 Å². The van der Waals surface area contributed by atoms with E-state index in [1.165, 1.54) is 18.2 Å². The summed E-state index contributed by atoms with van der Waals surface area (Å²) < 4.78 is 0. The van der Waals surface area contributed by atoms with E-state index in [1.54, 1.807) is 18.2 Å². The molecule has 0 aliphatic rings. The molecule has 0 fully saturated rings. The summed E-state index contributed by atoms with van der Waals surface area (Å²) in [6, 6.07) is 15.9. The molecule has 2 aromatic rings. The van der Waals surface area contributed by atoms with Crippen LogP contribution in [0.15, 0.2) is 60.7 Å². The first-order valence-corrected chi connectivity index (χ1v) is 5.57. The molecule has 0 radical (unpaired) electrons. The molecule has 2 aromatic carbocycles. The maximum atomic E-state index is 11.6. The molecular weight excluding hydrogens is 226 g/mol. The van der Waals surface area contributed by atoms with Crippen molar-refractivity contribution in [1.82, 2.24) is 0 Å². The molecule has 0 saturated heterocycles. The number of hydrogen-bond acceptors (Lipinski definition) is 2. The summed E-state index contributed by atoms with van der Waals surface area (Å²) in [5, 5.41) is 11.8. The highest BCUT2D eigenvalue weighted by atomic mass is 16.3. The standard InChI is InChI=1S/C15H13NO2/c17-14-9-7-13(8-10-14)16-15(18)11-6-12-4-2-1-3-5-12/h1-11,17H,(H,16,18)/b11-6-. The summed E-state index contributed by atoms with van der Waals surface area (Å²) in [6.07, 6.45) is 3.22. The third kappa shape index (κ3) is 3.49. The normalized spacial score (nSPS) is 10.4. The molecule has 0 heterocycles. The summed E-state index contributed by atoms with van der Waals surface area (Å²) in [4.78, 5) is 11.6. The van der Waals surface area contributed by atoms with Crippen LogP contribution < -0.4 is 5.32 Å². The van der Waals surface area contributed by atoms with Crippen LogP contribution >= 0.6 is 0 Å². The van der Waals surface area contributed by atoms with E-state index >= 15 is 0 Å². The number of aromatic hydroxyl groups is 1. The van der Waals surface area contributed by atoms with Gasteiger partial charge in [-0.1, -0.05) is 30.3 Å². The molecule has 0 bridgehead atoms. The van der Waals surface area contributed by atoms with Crippen LogP contribution in [0.4, 0.5) is 5.69 Å². The number of amides is 1. The van der Waals surface area contributed by atoms with E-state index in [9.17, 15) is 4.79 Å². The Hall–Kier alpha value is -2.55. The van der Waals surface area contributed by atoms with E-state index in [4.69, 9.17) is 5.11 Å². The minimum Gasteiger partial charge on any atom is -0.508 e. The quantitative estimate of drug-likeness (QED) is 0.639. The maximum Gasteiger partial charge on any atom is 0.248 e. The van der Waals surface area contributed by atoms with Crippen molar-refractivity contribution >= 4 is 17.7 Å². The summed E-state index contributed by atoms with van der Waals surface area (Å²) in [7, 11) is 0. The van der Waals surface area contributed by atoms with Gasteiger partial charge in [-0.05, 0) is 35.9 Å². The topological polar surface area (TPSA) is 49.3 Å². The fourth-order valence-electron chi connectivity index (χ4n) is 1.46. The second-order valence-corrected chi connectivity index (χ2v) is 3.78. The van der Waals surface area contributed by atoms with Crippen molar-refractivity contribution in [3.63, 3.8) is 0 Å². The van der Waals surface area contributed by atoms with Crippen molar-refractivity contribution in [3.8, 4) is 5.75 Å². The van der Waals surface area contributed by atoms with E-state index in [0.717, 1.165) is 5.56 Å². The number of phenolic OH excluding ortho intramolecular Hbond substituents is 1. The van der Waals surface area contributed by atoms with Gasteiger partial charge in [-0.25, -0.2) is 0 Å². The second kappa shape index (κ2) is 5.68. The van der Waals surface area contributed by atoms with Crippen molar-refractivity contribution < 1.29 is 9.90 Å². The fourth-order valence-corrected chi connectivity index (χ4v) is 1.46. The van der Waals surface area contributed by atoms with Gasteiger partial charge in [-0.2, -0.15) is 0 Å². The number of hydrogen-bond donors (Lipinski definition) is 2. The van der Waals surface area contributed by atoms with Crippen LogP contribution in [0.3, 0.4) is 0 Å². The first-order chi connectivity index (χ1) is 8.74. The minimum absolute atomic E-state index is 0.174. The van der Waals surface area contributed by atoms with Crippen LogP contribution in [0.5, 0.6) is 5.75 Å². The van der Waals surface area contributed by atoms with E-state index in [0.29, 0.717) is 5.69 Å². The van der Waals surface area contributed by atoms with Crippen molar-refractivity contribution in [3.05, 3.63) is 66.2 Å². The molecule has 2 N–H and O–H groups in total. The van der Waals surface area contributed by atoms with Crippen molar-refractivity contribution in [1.29, 1.82) is 0 Å². The maximum absolute atomic E-state index is 11.6. The smallest absolute Gasteiger partial charge is 0.248 e. The third-order valence-electron chi connectivity index (χ3n) is 2.36. The lowest BCUT2D eigenvalue weighted by molar-refractivity contribution is -0.111. The summed E-state index contributed by atoms with van der Waals surface area (Å²) in [6.45, 7) is 0. The highest BCUT2D eigenvalue weighted by Gasteiger charge is 1.97. The molecule has 0 spiro atoms. The second-order valence-electron chi connectivity index (χ2n) is 3.78. The molecular formula is C15H13NO2. The summed E-state index contributed by atoms with van der Waals surface area (Å²) in [5.41, 5.74) is 1.62. The first-order valence-electron chi connectivity index (χ1n) is 5.57. The van der Waals surface area contributed by atoms with Crippen molar-refractivity contribution in [2.45, 2.75) is 0 Å². The summed E-state index contributed by atoms with van der Waals surface area (Å²) in [5.74, 6) is -0.0302. The monoisotopic (exact) mass is 239 g/mol. The van der Waals surface area contributed by atoms with Gasteiger partial charge in [0, 0.05) is 11.8 Å². The Morgan fingerprint density at radius 3 is 2.33 bits per heavy atom. The molecule has 0 unspecified atom stereocenters. The van der Waals surface area contributed by atoms with Crippen LogP contribution in [0.25, 0.3) is 6.08 Å². The van der Waals surface area contributed by atoms with Crippen LogP contribution in [-0.4, -0.2) is 11.0 Å². The third-order valence-corrected chi connectivity index (χ3v) is 2.36. The lowest BCUT2D eigenvalue weighted by Gasteiger charge is -2.01. The molecule has 0 aromatic heterocycles. The Morgan fingerprint density at radius 2 is 1.67 bits per heavy atom. The number of anilines is 1. The van der Waals surface area contributed by atoms with Crippen LogP contribution in [0, 0.1) is 0 Å². The number of carbonyl (C=O) groups is 1. The van der Waals surface area contributed by atoms with E-state index in [1.807, 2.05) is 30.3 Å². The zero-order chi connectivity index (χ0) is 12.8. The molecule has 3 heteroatoms. The molecule has 0 atom stereocenters. The highest BCUT2D eigenvalue weighted by Crippen LogP contribution is 2.13. The first kappa shape index (κ1) is 11.9. The number of nitrogens with one attached hydrogen (secondary N) is 1. The number of carbonyl (C=O) groups excluding carboxylic acids is 1. The van der Waals surface area contributed by atoms with Crippen LogP contribution in [0.1, 0.15) is 5.56 Å². The molecule has 0 saturated carbocycles. The van der Waals surface area contributed by atoms with Crippen molar-refractivity contribution in [2.75, 3.05) is 5.32 Å². The molecule has 18 heavy (non-hydrogen) atoms. The van der Waals surface area contributed by atoms with Gasteiger partial charge in [0.2, 0.25) is 5.91 Å². The van der Waals surface area contributed by atoms with Gasteiger partial charge in [0.05, 0.1) is 0 Å². The molecule has 1 amide bonds. The zero-order valence-electron chi connectivity index (χ0n) is 9.71.